The first-order chi connectivity index (χ1) is 8.32. The fourth-order valence-electron chi connectivity index (χ4n) is 1.56. The number of alkyl halides is 3. The minimum absolute atomic E-state index is 0.0900. The predicted octanol–water partition coefficient (Wildman–Crippen LogP) is 2.77. The topological polar surface area (TPSA) is 55.1 Å². The molecule has 0 unspecified atom stereocenters. The second-order valence-corrected chi connectivity index (χ2v) is 4.00. The maximum atomic E-state index is 12.5. The maximum absolute atomic E-state index is 12.5. The summed E-state index contributed by atoms with van der Waals surface area (Å²) < 4.78 is 37.5. The number of nitrogens with two attached hydrogens (primary N) is 1. The molecule has 1 atom stereocenters. The number of carbonyl (C=O) groups is 1. The van der Waals surface area contributed by atoms with E-state index in [0.717, 1.165) is 12.1 Å². The number of carbonyl (C=O) groups excluding carboxylic acids is 1. The average molecular weight is 260 g/mol. The van der Waals surface area contributed by atoms with Crippen molar-refractivity contribution in [1.29, 1.82) is 0 Å². The van der Waals surface area contributed by atoms with Crippen LogP contribution in [0, 0.1) is 0 Å². The van der Waals surface area contributed by atoms with Crippen molar-refractivity contribution < 1.29 is 18.0 Å². The van der Waals surface area contributed by atoms with E-state index in [1.807, 2.05) is 6.92 Å². The number of hydrogen-bond acceptors (Lipinski definition) is 2. The SMILES string of the molecule is CC[C@H](CC(N)=O)Nc1cccc(C(F)(F)F)c1. The third-order valence-electron chi connectivity index (χ3n) is 2.50. The Bertz CT molecular complexity index is 418. The van der Waals surface area contributed by atoms with E-state index in [0.29, 0.717) is 12.1 Å². The molecule has 0 radical (unpaired) electrons. The summed E-state index contributed by atoms with van der Waals surface area (Å²) in [6, 6.07) is 4.61. The minimum Gasteiger partial charge on any atom is -0.382 e. The number of benzene rings is 1. The summed E-state index contributed by atoms with van der Waals surface area (Å²) in [6.45, 7) is 1.83. The second-order valence-electron chi connectivity index (χ2n) is 4.00. The normalized spacial score (nSPS) is 13.1. The summed E-state index contributed by atoms with van der Waals surface area (Å²) in [6.07, 6.45) is -3.69. The van der Waals surface area contributed by atoms with Gasteiger partial charge in [-0.25, -0.2) is 0 Å². The molecule has 18 heavy (non-hydrogen) atoms. The van der Waals surface area contributed by atoms with Crippen LogP contribution in [0.15, 0.2) is 24.3 Å². The molecule has 0 aromatic heterocycles. The molecule has 1 aromatic carbocycles. The van der Waals surface area contributed by atoms with E-state index >= 15 is 0 Å². The first-order valence-corrected chi connectivity index (χ1v) is 5.55. The lowest BCUT2D eigenvalue weighted by atomic mass is 10.1. The van der Waals surface area contributed by atoms with Crippen LogP contribution < -0.4 is 11.1 Å². The molecule has 1 rings (SSSR count). The van der Waals surface area contributed by atoms with Gasteiger partial charge in [0, 0.05) is 18.2 Å². The quantitative estimate of drug-likeness (QED) is 0.855. The largest absolute Gasteiger partial charge is 0.416 e. The first-order valence-electron chi connectivity index (χ1n) is 5.55. The van der Waals surface area contributed by atoms with Gasteiger partial charge in [0.15, 0.2) is 0 Å². The molecule has 0 saturated heterocycles. The Hall–Kier alpha value is -1.72. The highest BCUT2D eigenvalue weighted by atomic mass is 19.4. The molecular weight excluding hydrogens is 245 g/mol. The molecule has 0 aliphatic rings. The maximum Gasteiger partial charge on any atom is 0.416 e. The first kappa shape index (κ1) is 14.3. The fourth-order valence-corrected chi connectivity index (χ4v) is 1.56. The van der Waals surface area contributed by atoms with Gasteiger partial charge in [0.2, 0.25) is 5.91 Å². The van der Waals surface area contributed by atoms with E-state index in [4.69, 9.17) is 5.73 Å². The van der Waals surface area contributed by atoms with Gasteiger partial charge in [0.1, 0.15) is 0 Å². The number of anilines is 1. The Kier molecular flexibility index (Phi) is 4.58. The average Bonchev–Trinajstić information content (AvgIpc) is 2.26. The van der Waals surface area contributed by atoms with Crippen molar-refractivity contribution >= 4 is 11.6 Å². The number of nitrogens with one attached hydrogen (secondary N) is 1. The summed E-state index contributed by atoms with van der Waals surface area (Å²) >= 11 is 0. The van der Waals surface area contributed by atoms with Crippen molar-refractivity contribution in [1.82, 2.24) is 0 Å². The second kappa shape index (κ2) is 5.75. The van der Waals surface area contributed by atoms with Crippen LogP contribution in [-0.4, -0.2) is 11.9 Å². The monoisotopic (exact) mass is 260 g/mol. The van der Waals surface area contributed by atoms with Crippen molar-refractivity contribution in [2.45, 2.75) is 32.0 Å². The van der Waals surface area contributed by atoms with Crippen LogP contribution in [0.4, 0.5) is 18.9 Å². The van der Waals surface area contributed by atoms with Gasteiger partial charge in [0.25, 0.3) is 0 Å². The van der Waals surface area contributed by atoms with Gasteiger partial charge in [-0.2, -0.15) is 13.2 Å². The van der Waals surface area contributed by atoms with Crippen LogP contribution >= 0.6 is 0 Å². The Morgan fingerprint density at radius 3 is 2.61 bits per heavy atom. The Labute approximate surface area is 103 Å². The molecule has 0 heterocycles. The summed E-state index contributed by atoms with van der Waals surface area (Å²) in [5.74, 6) is -0.485. The van der Waals surface area contributed by atoms with Gasteiger partial charge < -0.3 is 11.1 Å². The molecule has 3 N–H and O–H groups in total. The molecule has 100 valence electrons. The summed E-state index contributed by atoms with van der Waals surface area (Å²) in [4.78, 5) is 10.8. The summed E-state index contributed by atoms with van der Waals surface area (Å²) in [7, 11) is 0. The smallest absolute Gasteiger partial charge is 0.382 e. The molecule has 0 saturated carbocycles. The van der Waals surface area contributed by atoms with Crippen molar-refractivity contribution in [3.05, 3.63) is 29.8 Å². The number of halogens is 3. The van der Waals surface area contributed by atoms with Gasteiger partial charge in [0.05, 0.1) is 5.56 Å². The lowest BCUT2D eigenvalue weighted by molar-refractivity contribution is -0.137. The van der Waals surface area contributed by atoms with Crippen LogP contribution in [0.1, 0.15) is 25.3 Å². The number of hydrogen-bond donors (Lipinski definition) is 2. The van der Waals surface area contributed by atoms with Gasteiger partial charge in [-0.15, -0.1) is 0 Å². The molecule has 3 nitrogen and oxygen atoms in total. The molecule has 0 spiro atoms. The zero-order valence-electron chi connectivity index (χ0n) is 9.92. The zero-order valence-corrected chi connectivity index (χ0v) is 9.92. The van der Waals surface area contributed by atoms with E-state index in [9.17, 15) is 18.0 Å². The molecule has 0 aliphatic carbocycles. The van der Waals surface area contributed by atoms with Crippen molar-refractivity contribution in [3.8, 4) is 0 Å². The standard InChI is InChI=1S/C12H15F3N2O/c1-2-9(7-11(16)18)17-10-5-3-4-8(6-10)12(13,14)15/h3-6,9,17H,2,7H2,1H3,(H2,16,18)/t9-/m1/s1. The van der Waals surface area contributed by atoms with E-state index in [-0.39, 0.29) is 12.5 Å². The highest BCUT2D eigenvalue weighted by Crippen LogP contribution is 2.30. The van der Waals surface area contributed by atoms with Crippen molar-refractivity contribution in [2.24, 2.45) is 5.73 Å². The summed E-state index contributed by atoms with van der Waals surface area (Å²) in [5, 5.41) is 2.87. The molecule has 1 amide bonds. The Balaban J connectivity index is 2.81. The van der Waals surface area contributed by atoms with Crippen LogP contribution in [0.2, 0.25) is 0 Å². The third kappa shape index (κ3) is 4.27. The molecule has 1 aromatic rings. The summed E-state index contributed by atoms with van der Waals surface area (Å²) in [5.41, 5.74) is 4.67. The highest BCUT2D eigenvalue weighted by Gasteiger charge is 2.30. The zero-order chi connectivity index (χ0) is 13.8. The number of primary amides is 1. The highest BCUT2D eigenvalue weighted by molar-refractivity contribution is 5.75. The van der Waals surface area contributed by atoms with Gasteiger partial charge in [-0.3, -0.25) is 4.79 Å². The van der Waals surface area contributed by atoms with Crippen molar-refractivity contribution in [2.75, 3.05) is 5.32 Å². The van der Waals surface area contributed by atoms with Crippen LogP contribution in [0.3, 0.4) is 0 Å². The minimum atomic E-state index is -4.37. The molecule has 6 heteroatoms. The number of amides is 1. The van der Waals surface area contributed by atoms with Crippen LogP contribution in [0.5, 0.6) is 0 Å². The van der Waals surface area contributed by atoms with Crippen LogP contribution in [-0.2, 0) is 11.0 Å². The Morgan fingerprint density at radius 1 is 1.44 bits per heavy atom. The molecule has 0 fully saturated rings. The van der Waals surface area contributed by atoms with E-state index in [1.54, 1.807) is 0 Å². The van der Waals surface area contributed by atoms with Crippen molar-refractivity contribution in [3.63, 3.8) is 0 Å². The van der Waals surface area contributed by atoms with E-state index in [1.165, 1.54) is 12.1 Å². The van der Waals surface area contributed by atoms with Gasteiger partial charge in [-0.05, 0) is 24.6 Å². The third-order valence-corrected chi connectivity index (χ3v) is 2.50. The predicted molar refractivity (Wildman–Crippen MR) is 63.0 cm³/mol. The molecular formula is C12H15F3N2O. The lowest BCUT2D eigenvalue weighted by Gasteiger charge is -2.17. The number of rotatable bonds is 5. The van der Waals surface area contributed by atoms with Gasteiger partial charge >= 0.3 is 6.18 Å². The molecule has 0 aliphatic heterocycles. The van der Waals surface area contributed by atoms with E-state index < -0.39 is 17.6 Å². The molecule has 0 bridgehead atoms. The fraction of sp³-hybridized carbons (Fsp3) is 0.417. The Morgan fingerprint density at radius 2 is 2.11 bits per heavy atom. The van der Waals surface area contributed by atoms with Crippen LogP contribution in [0.25, 0.3) is 0 Å². The lowest BCUT2D eigenvalue weighted by Crippen LogP contribution is -2.26. The van der Waals surface area contributed by atoms with E-state index in [2.05, 4.69) is 5.32 Å². The van der Waals surface area contributed by atoms with Gasteiger partial charge in [-0.1, -0.05) is 13.0 Å².